The Bertz CT molecular complexity index is 1450. The van der Waals surface area contributed by atoms with Crippen LogP contribution < -0.4 is 11.5 Å². The van der Waals surface area contributed by atoms with Crippen LogP contribution in [0.5, 0.6) is 0 Å². The molecule has 2 aliphatic rings. The maximum Gasteiger partial charge on any atom is 0.165 e. The van der Waals surface area contributed by atoms with Gasteiger partial charge >= 0.3 is 0 Å². The second kappa shape index (κ2) is 9.42. The maximum absolute atomic E-state index is 14.0. The lowest BCUT2D eigenvalue weighted by atomic mass is 9.73. The van der Waals surface area contributed by atoms with Gasteiger partial charge in [0.15, 0.2) is 23.1 Å². The van der Waals surface area contributed by atoms with Gasteiger partial charge in [0, 0.05) is 17.3 Å². The molecule has 0 spiro atoms. The molecule has 6 rings (SSSR count). The van der Waals surface area contributed by atoms with Crippen LogP contribution in [0.4, 0.5) is 14.6 Å². The normalized spacial score (nSPS) is 22.0. The van der Waals surface area contributed by atoms with Crippen molar-refractivity contribution < 1.29 is 13.5 Å². The van der Waals surface area contributed by atoms with E-state index in [9.17, 15) is 8.78 Å². The summed E-state index contributed by atoms with van der Waals surface area (Å²) >= 11 is 0. The van der Waals surface area contributed by atoms with Crippen molar-refractivity contribution in [3.05, 3.63) is 65.9 Å². The van der Waals surface area contributed by atoms with E-state index in [4.69, 9.17) is 16.2 Å². The van der Waals surface area contributed by atoms with Crippen molar-refractivity contribution in [3.8, 4) is 11.3 Å². The summed E-state index contributed by atoms with van der Waals surface area (Å²) < 4.78 is 35.5. The predicted octanol–water partition coefficient (Wildman–Crippen LogP) is 4.33. The van der Waals surface area contributed by atoms with E-state index in [1.165, 1.54) is 18.5 Å². The Labute approximate surface area is 213 Å². The SMILES string of the molecule is Nc1ncnc2c1ncn2Cc1cc(-c2ccc(F)c(F)c2)ncc1C1CCC[C@](N)(COC2CC2)C1. The minimum atomic E-state index is -0.909. The predicted molar refractivity (Wildman–Crippen MR) is 136 cm³/mol. The zero-order valence-electron chi connectivity index (χ0n) is 20.4. The highest BCUT2D eigenvalue weighted by molar-refractivity contribution is 5.81. The Morgan fingerprint density at radius 3 is 2.73 bits per heavy atom. The van der Waals surface area contributed by atoms with Gasteiger partial charge in [0.05, 0.1) is 31.3 Å². The van der Waals surface area contributed by atoms with Gasteiger partial charge in [-0.25, -0.2) is 23.7 Å². The number of ether oxygens (including phenoxy) is 1. The van der Waals surface area contributed by atoms with Gasteiger partial charge in [-0.2, -0.15) is 0 Å². The van der Waals surface area contributed by atoms with E-state index in [1.54, 1.807) is 6.33 Å². The molecule has 192 valence electrons. The number of imidazole rings is 1. The molecular weight excluding hydrogens is 476 g/mol. The molecule has 2 saturated carbocycles. The highest BCUT2D eigenvalue weighted by Crippen LogP contribution is 2.40. The summed E-state index contributed by atoms with van der Waals surface area (Å²) in [6.45, 7) is 1.01. The molecule has 1 aromatic carbocycles. The summed E-state index contributed by atoms with van der Waals surface area (Å²) in [5, 5.41) is 0. The number of nitrogen functional groups attached to an aromatic ring is 1. The number of nitrogens with two attached hydrogens (primary N) is 2. The number of hydrogen-bond acceptors (Lipinski definition) is 7. The number of benzene rings is 1. The van der Waals surface area contributed by atoms with Crippen molar-refractivity contribution in [2.45, 2.75) is 62.6 Å². The molecule has 8 nitrogen and oxygen atoms in total. The number of anilines is 1. The summed E-state index contributed by atoms with van der Waals surface area (Å²) in [4.78, 5) is 17.5. The summed E-state index contributed by atoms with van der Waals surface area (Å²) in [7, 11) is 0. The van der Waals surface area contributed by atoms with Crippen LogP contribution in [-0.4, -0.2) is 42.8 Å². The number of aromatic nitrogens is 5. The Morgan fingerprint density at radius 2 is 1.92 bits per heavy atom. The number of rotatable bonds is 7. The molecule has 37 heavy (non-hydrogen) atoms. The van der Waals surface area contributed by atoms with Gasteiger partial charge in [0.25, 0.3) is 0 Å². The number of halogens is 2. The van der Waals surface area contributed by atoms with Crippen LogP contribution in [0.1, 0.15) is 55.6 Å². The van der Waals surface area contributed by atoms with E-state index in [-0.39, 0.29) is 11.5 Å². The quantitative estimate of drug-likeness (QED) is 0.384. The highest BCUT2D eigenvalue weighted by Gasteiger charge is 2.36. The fourth-order valence-electron chi connectivity index (χ4n) is 5.33. The van der Waals surface area contributed by atoms with E-state index in [2.05, 4.69) is 19.9 Å². The van der Waals surface area contributed by atoms with Crippen LogP contribution in [0.15, 0.2) is 43.1 Å². The third-order valence-electron chi connectivity index (χ3n) is 7.46. The van der Waals surface area contributed by atoms with Gasteiger partial charge in [-0.15, -0.1) is 0 Å². The van der Waals surface area contributed by atoms with Gasteiger partial charge in [0.1, 0.15) is 11.8 Å². The fourth-order valence-corrected chi connectivity index (χ4v) is 5.33. The number of hydrogen-bond donors (Lipinski definition) is 2. The molecule has 0 bridgehead atoms. The summed E-state index contributed by atoms with van der Waals surface area (Å²) in [6, 6.07) is 5.76. The number of nitrogens with zero attached hydrogens (tertiary/aromatic N) is 5. The molecule has 3 heterocycles. The van der Waals surface area contributed by atoms with Crippen molar-refractivity contribution in [1.82, 2.24) is 24.5 Å². The molecule has 0 saturated heterocycles. The monoisotopic (exact) mass is 505 g/mol. The standard InChI is InChI=1S/C27H29F2N7O/c28-21-6-3-16(8-22(21)29)23-9-18(12-36-15-35-24-25(30)33-14-34-26(24)36)20(11-32-23)17-2-1-7-27(31,10-17)13-37-19-4-5-19/h3,6,8-9,11,14-15,17,19H,1-2,4-5,7,10,12-13,31H2,(H2,30,33,34)/t17?,27-/m1/s1. The van der Waals surface area contributed by atoms with Crippen LogP contribution in [-0.2, 0) is 11.3 Å². The first-order valence-corrected chi connectivity index (χ1v) is 12.6. The van der Waals surface area contributed by atoms with Gasteiger partial charge in [0.2, 0.25) is 0 Å². The number of fused-ring (bicyclic) bond motifs is 1. The lowest BCUT2D eigenvalue weighted by Gasteiger charge is -2.38. The molecule has 0 amide bonds. The van der Waals surface area contributed by atoms with Gasteiger partial charge in [-0.3, -0.25) is 4.98 Å². The average Bonchev–Trinajstić information content (AvgIpc) is 3.64. The van der Waals surface area contributed by atoms with Crippen molar-refractivity contribution in [1.29, 1.82) is 0 Å². The molecule has 1 unspecified atom stereocenters. The van der Waals surface area contributed by atoms with Gasteiger partial charge in [-0.05, 0) is 73.4 Å². The smallest absolute Gasteiger partial charge is 0.165 e. The first kappa shape index (κ1) is 23.9. The van der Waals surface area contributed by atoms with E-state index in [1.807, 2.05) is 16.8 Å². The summed E-state index contributed by atoms with van der Waals surface area (Å²) in [5.74, 6) is -1.29. The second-order valence-corrected chi connectivity index (χ2v) is 10.4. The van der Waals surface area contributed by atoms with Crippen LogP contribution in [0, 0.1) is 11.6 Å². The van der Waals surface area contributed by atoms with Gasteiger partial charge in [-0.1, -0.05) is 6.42 Å². The van der Waals surface area contributed by atoms with Gasteiger partial charge < -0.3 is 20.8 Å². The molecule has 2 aliphatic carbocycles. The van der Waals surface area contributed by atoms with E-state index in [0.717, 1.165) is 55.7 Å². The van der Waals surface area contributed by atoms with Crippen molar-refractivity contribution in [2.75, 3.05) is 12.3 Å². The van der Waals surface area contributed by atoms with Crippen molar-refractivity contribution in [3.63, 3.8) is 0 Å². The molecule has 0 radical (unpaired) electrons. The van der Waals surface area contributed by atoms with Crippen molar-refractivity contribution >= 4 is 17.0 Å². The zero-order valence-corrected chi connectivity index (χ0v) is 20.4. The van der Waals surface area contributed by atoms with E-state index < -0.39 is 11.6 Å². The minimum Gasteiger partial charge on any atom is -0.382 e. The molecule has 4 aromatic rings. The molecule has 2 atom stereocenters. The minimum absolute atomic E-state index is 0.192. The Morgan fingerprint density at radius 1 is 1.05 bits per heavy atom. The molecular formula is C27H29F2N7O. The lowest BCUT2D eigenvalue weighted by molar-refractivity contribution is 0.0529. The Kier molecular flexibility index (Phi) is 6.08. The second-order valence-electron chi connectivity index (χ2n) is 10.4. The maximum atomic E-state index is 14.0. The van der Waals surface area contributed by atoms with Crippen LogP contribution in [0.2, 0.25) is 0 Å². The van der Waals surface area contributed by atoms with Crippen LogP contribution in [0.25, 0.3) is 22.4 Å². The van der Waals surface area contributed by atoms with Crippen molar-refractivity contribution in [2.24, 2.45) is 5.73 Å². The molecule has 3 aromatic heterocycles. The average molecular weight is 506 g/mol. The molecule has 4 N–H and O–H groups in total. The summed E-state index contributed by atoms with van der Waals surface area (Å²) in [6.07, 6.45) is 11.3. The van der Waals surface area contributed by atoms with Crippen LogP contribution >= 0.6 is 0 Å². The third-order valence-corrected chi connectivity index (χ3v) is 7.46. The fraction of sp³-hybridized carbons (Fsp3) is 0.407. The number of pyridine rings is 1. The first-order chi connectivity index (χ1) is 17.9. The van der Waals surface area contributed by atoms with E-state index in [0.29, 0.717) is 47.5 Å². The first-order valence-electron chi connectivity index (χ1n) is 12.6. The summed E-state index contributed by atoms with van der Waals surface area (Å²) in [5.41, 5.74) is 16.7. The molecule has 2 fully saturated rings. The molecule has 0 aliphatic heterocycles. The highest BCUT2D eigenvalue weighted by atomic mass is 19.2. The topological polar surface area (TPSA) is 118 Å². The zero-order chi connectivity index (χ0) is 25.6. The third kappa shape index (κ3) is 4.91. The Balaban J connectivity index is 1.37. The largest absolute Gasteiger partial charge is 0.382 e. The van der Waals surface area contributed by atoms with Crippen LogP contribution in [0.3, 0.4) is 0 Å². The molecule has 10 heteroatoms. The lowest BCUT2D eigenvalue weighted by Crippen LogP contribution is -2.48. The van der Waals surface area contributed by atoms with E-state index >= 15 is 0 Å². The Hall–Kier alpha value is -3.50.